The number of nitrogens with one attached hydrogen (secondary N) is 1. The fourth-order valence-electron chi connectivity index (χ4n) is 2.28. The summed E-state index contributed by atoms with van der Waals surface area (Å²) in [6.07, 6.45) is 1.25. The van der Waals surface area contributed by atoms with Gasteiger partial charge >= 0.3 is 0 Å². The largest absolute Gasteiger partial charge is 0.358 e. The Morgan fingerprint density at radius 1 is 1.41 bits per heavy atom. The predicted octanol–water partition coefficient (Wildman–Crippen LogP) is 2.85. The van der Waals surface area contributed by atoms with Crippen LogP contribution in [0.1, 0.15) is 37.1 Å². The maximum Gasteiger partial charge on any atom is 0.129 e. The number of carbonyl (C=O) groups is 1. The number of hydrogen-bond acceptors (Lipinski definition) is 2. The zero-order valence-electron chi connectivity index (χ0n) is 10.3. The van der Waals surface area contributed by atoms with Crippen LogP contribution in [0.2, 0.25) is 0 Å². The summed E-state index contributed by atoms with van der Waals surface area (Å²) in [5, 5.41) is 1.17. The summed E-state index contributed by atoms with van der Waals surface area (Å²) in [6.45, 7) is 3.64. The number of aryl methyl sites for hydroxylation is 1. The van der Waals surface area contributed by atoms with E-state index in [2.05, 4.69) is 11.1 Å². The lowest BCUT2D eigenvalue weighted by atomic mass is 9.99. The monoisotopic (exact) mass is 230 g/mol. The molecular weight excluding hydrogens is 212 g/mol. The van der Waals surface area contributed by atoms with Crippen LogP contribution in [0.5, 0.6) is 0 Å². The molecule has 17 heavy (non-hydrogen) atoms. The van der Waals surface area contributed by atoms with Gasteiger partial charge in [-0.15, -0.1) is 0 Å². The number of fused-ring (bicyclic) bond motifs is 1. The van der Waals surface area contributed by atoms with Crippen LogP contribution in [0.15, 0.2) is 24.3 Å². The first kappa shape index (κ1) is 11.9. The number of ketones is 1. The van der Waals surface area contributed by atoms with Crippen LogP contribution in [0, 0.1) is 6.92 Å². The number of aromatic nitrogens is 1. The highest BCUT2D eigenvalue weighted by Crippen LogP contribution is 2.28. The molecule has 1 unspecified atom stereocenters. The second kappa shape index (κ2) is 4.72. The van der Waals surface area contributed by atoms with Gasteiger partial charge in [-0.1, -0.05) is 18.2 Å². The summed E-state index contributed by atoms with van der Waals surface area (Å²) in [6, 6.07) is 8.06. The van der Waals surface area contributed by atoms with Crippen molar-refractivity contribution in [2.45, 2.75) is 32.7 Å². The molecule has 0 saturated heterocycles. The summed E-state index contributed by atoms with van der Waals surface area (Å²) in [4.78, 5) is 14.3. The molecule has 0 radical (unpaired) electrons. The summed E-state index contributed by atoms with van der Waals surface area (Å²) in [7, 11) is 0. The second-order valence-electron chi connectivity index (χ2n) is 4.56. The highest BCUT2D eigenvalue weighted by Gasteiger charge is 2.15. The third-order valence-electron chi connectivity index (χ3n) is 3.12. The third kappa shape index (κ3) is 2.39. The Balaban J connectivity index is 2.33. The smallest absolute Gasteiger partial charge is 0.129 e. The zero-order valence-corrected chi connectivity index (χ0v) is 10.3. The number of benzene rings is 1. The van der Waals surface area contributed by atoms with Crippen LogP contribution in [0.3, 0.4) is 0 Å². The van der Waals surface area contributed by atoms with E-state index in [1.807, 2.05) is 25.1 Å². The average molecular weight is 230 g/mol. The van der Waals surface area contributed by atoms with E-state index in [4.69, 9.17) is 5.73 Å². The van der Waals surface area contributed by atoms with E-state index in [-0.39, 0.29) is 11.8 Å². The molecule has 0 fully saturated rings. The highest BCUT2D eigenvalue weighted by atomic mass is 16.1. The zero-order chi connectivity index (χ0) is 12.4. The Morgan fingerprint density at radius 3 is 2.82 bits per heavy atom. The van der Waals surface area contributed by atoms with Crippen LogP contribution in [-0.4, -0.2) is 10.8 Å². The van der Waals surface area contributed by atoms with Crippen LogP contribution in [-0.2, 0) is 4.79 Å². The van der Waals surface area contributed by atoms with Crippen LogP contribution in [0.25, 0.3) is 10.9 Å². The molecule has 1 atom stereocenters. The number of para-hydroxylation sites is 1. The molecule has 3 nitrogen and oxygen atoms in total. The topological polar surface area (TPSA) is 58.9 Å². The minimum atomic E-state index is -0.0740. The van der Waals surface area contributed by atoms with E-state index in [1.54, 1.807) is 6.92 Å². The number of rotatable bonds is 4. The SMILES string of the molecule is CC(=O)CCC(N)c1c(C)[nH]c2ccccc12. The quantitative estimate of drug-likeness (QED) is 0.848. The summed E-state index contributed by atoms with van der Waals surface area (Å²) < 4.78 is 0. The number of carbonyl (C=O) groups excluding carboxylic acids is 1. The highest BCUT2D eigenvalue weighted by molar-refractivity contribution is 5.85. The van der Waals surface area contributed by atoms with E-state index in [0.29, 0.717) is 12.8 Å². The van der Waals surface area contributed by atoms with Gasteiger partial charge in [-0.3, -0.25) is 0 Å². The van der Waals surface area contributed by atoms with Crippen LogP contribution < -0.4 is 5.73 Å². The number of Topliss-reactive ketones (excluding diaryl/α,β-unsaturated/α-hetero) is 1. The van der Waals surface area contributed by atoms with Gasteiger partial charge in [0.05, 0.1) is 0 Å². The molecule has 0 spiro atoms. The molecule has 0 aliphatic heterocycles. The number of H-pyrrole nitrogens is 1. The lowest BCUT2D eigenvalue weighted by Gasteiger charge is -2.11. The maximum atomic E-state index is 11.0. The molecule has 3 heteroatoms. The van der Waals surface area contributed by atoms with Crippen molar-refractivity contribution < 1.29 is 4.79 Å². The van der Waals surface area contributed by atoms with E-state index < -0.39 is 0 Å². The van der Waals surface area contributed by atoms with Gasteiger partial charge in [0, 0.05) is 29.1 Å². The van der Waals surface area contributed by atoms with Crippen molar-refractivity contribution in [2.24, 2.45) is 5.73 Å². The Labute approximate surface area is 101 Å². The van der Waals surface area contributed by atoms with Gasteiger partial charge in [-0.05, 0) is 31.9 Å². The first-order valence-electron chi connectivity index (χ1n) is 5.92. The first-order chi connectivity index (χ1) is 8.09. The molecule has 1 aromatic carbocycles. The van der Waals surface area contributed by atoms with E-state index in [9.17, 15) is 4.79 Å². The van der Waals surface area contributed by atoms with Crippen molar-refractivity contribution in [1.82, 2.24) is 4.98 Å². The standard InChI is InChI=1S/C14H18N2O/c1-9(17)7-8-12(15)14-10(2)16-13-6-4-3-5-11(13)14/h3-6,12,16H,7-8,15H2,1-2H3. The molecule has 2 aromatic rings. The van der Waals surface area contributed by atoms with E-state index in [0.717, 1.165) is 16.8 Å². The molecule has 2 rings (SSSR count). The number of nitrogens with two attached hydrogens (primary N) is 1. The minimum Gasteiger partial charge on any atom is -0.358 e. The van der Waals surface area contributed by atoms with Gasteiger partial charge < -0.3 is 15.5 Å². The average Bonchev–Trinajstić information content (AvgIpc) is 2.61. The first-order valence-corrected chi connectivity index (χ1v) is 5.92. The second-order valence-corrected chi connectivity index (χ2v) is 4.56. The molecule has 90 valence electrons. The summed E-state index contributed by atoms with van der Waals surface area (Å²) >= 11 is 0. The lowest BCUT2D eigenvalue weighted by molar-refractivity contribution is -0.117. The van der Waals surface area contributed by atoms with E-state index in [1.165, 1.54) is 5.39 Å². The van der Waals surface area contributed by atoms with Gasteiger partial charge in [-0.25, -0.2) is 0 Å². The van der Waals surface area contributed by atoms with Gasteiger partial charge in [0.25, 0.3) is 0 Å². The molecule has 0 aliphatic carbocycles. The Morgan fingerprint density at radius 2 is 2.12 bits per heavy atom. The predicted molar refractivity (Wildman–Crippen MR) is 69.9 cm³/mol. The Bertz CT molecular complexity index is 542. The maximum absolute atomic E-state index is 11.0. The molecular formula is C14H18N2O. The number of aromatic amines is 1. The minimum absolute atomic E-state index is 0.0740. The molecule has 0 saturated carbocycles. The van der Waals surface area contributed by atoms with Gasteiger partial charge in [0.15, 0.2) is 0 Å². The fourth-order valence-corrected chi connectivity index (χ4v) is 2.28. The Hall–Kier alpha value is -1.61. The van der Waals surface area contributed by atoms with Crippen molar-refractivity contribution in [3.63, 3.8) is 0 Å². The molecule has 1 aromatic heterocycles. The van der Waals surface area contributed by atoms with Gasteiger partial charge in [0.2, 0.25) is 0 Å². The van der Waals surface area contributed by atoms with Crippen molar-refractivity contribution in [3.8, 4) is 0 Å². The molecule has 0 bridgehead atoms. The van der Waals surface area contributed by atoms with Crippen LogP contribution in [0.4, 0.5) is 0 Å². The lowest BCUT2D eigenvalue weighted by Crippen LogP contribution is -2.12. The van der Waals surface area contributed by atoms with Crippen molar-refractivity contribution in [1.29, 1.82) is 0 Å². The summed E-state index contributed by atoms with van der Waals surface area (Å²) in [5.41, 5.74) is 9.53. The number of hydrogen-bond donors (Lipinski definition) is 2. The van der Waals surface area contributed by atoms with Gasteiger partial charge in [0.1, 0.15) is 5.78 Å². The third-order valence-corrected chi connectivity index (χ3v) is 3.12. The van der Waals surface area contributed by atoms with Crippen molar-refractivity contribution >= 4 is 16.7 Å². The van der Waals surface area contributed by atoms with Crippen molar-refractivity contribution in [2.75, 3.05) is 0 Å². The van der Waals surface area contributed by atoms with E-state index >= 15 is 0 Å². The molecule has 0 amide bonds. The molecule has 0 aliphatic rings. The molecule has 1 heterocycles. The Kier molecular flexibility index (Phi) is 3.29. The van der Waals surface area contributed by atoms with Crippen LogP contribution >= 0.6 is 0 Å². The van der Waals surface area contributed by atoms with Gasteiger partial charge in [-0.2, -0.15) is 0 Å². The molecule has 3 N–H and O–H groups in total. The fraction of sp³-hybridized carbons (Fsp3) is 0.357. The van der Waals surface area contributed by atoms with Crippen molar-refractivity contribution in [3.05, 3.63) is 35.5 Å². The summed E-state index contributed by atoms with van der Waals surface area (Å²) in [5.74, 6) is 0.193. The normalized spacial score (nSPS) is 12.9.